The van der Waals surface area contributed by atoms with Crippen LogP contribution in [0.5, 0.6) is 0 Å². The zero-order chi connectivity index (χ0) is 14.8. The Morgan fingerprint density at radius 3 is 2.71 bits per heavy atom. The topological polar surface area (TPSA) is 32.3 Å². The molecule has 0 spiro atoms. The second-order valence-electron chi connectivity index (χ2n) is 6.17. The highest BCUT2D eigenvalue weighted by atomic mass is 19.1. The zero-order valence-corrected chi connectivity index (χ0v) is 12.6. The molecule has 2 fully saturated rings. The van der Waals surface area contributed by atoms with E-state index in [9.17, 15) is 9.18 Å². The third-order valence-electron chi connectivity index (χ3n) is 5.00. The average molecular weight is 290 g/mol. The molecule has 114 valence electrons. The molecule has 1 aliphatic carbocycles. The summed E-state index contributed by atoms with van der Waals surface area (Å²) in [5.74, 6) is 0.260. The Balaban J connectivity index is 1.85. The number of carbonyl (C=O) groups excluding carboxylic acids is 1. The van der Waals surface area contributed by atoms with Gasteiger partial charge in [-0.1, -0.05) is 18.9 Å². The maximum atomic E-state index is 13.9. The van der Waals surface area contributed by atoms with Gasteiger partial charge in [0.2, 0.25) is 0 Å². The van der Waals surface area contributed by atoms with Gasteiger partial charge in [0.25, 0.3) is 5.91 Å². The van der Waals surface area contributed by atoms with Gasteiger partial charge >= 0.3 is 0 Å². The van der Waals surface area contributed by atoms with Crippen LogP contribution >= 0.6 is 0 Å². The number of benzene rings is 1. The van der Waals surface area contributed by atoms with Gasteiger partial charge in [-0.2, -0.15) is 0 Å². The minimum Gasteiger partial charge on any atom is -0.385 e. The Hall–Kier alpha value is -1.58. The summed E-state index contributed by atoms with van der Waals surface area (Å²) in [5.41, 5.74) is 0.780. The van der Waals surface area contributed by atoms with Crippen LogP contribution in [-0.4, -0.2) is 30.4 Å². The van der Waals surface area contributed by atoms with E-state index < -0.39 is 0 Å². The van der Waals surface area contributed by atoms with Gasteiger partial charge in [-0.15, -0.1) is 0 Å². The number of halogens is 1. The molecule has 3 rings (SSSR count). The Labute approximate surface area is 125 Å². The van der Waals surface area contributed by atoms with Gasteiger partial charge < -0.3 is 10.2 Å². The lowest BCUT2D eigenvalue weighted by molar-refractivity contribution is 0.0689. The molecule has 1 saturated heterocycles. The molecule has 1 unspecified atom stereocenters. The lowest BCUT2D eigenvalue weighted by Gasteiger charge is -2.30. The van der Waals surface area contributed by atoms with E-state index in [1.807, 2.05) is 4.90 Å². The number of anilines is 1. The minimum atomic E-state index is -0.361. The molecule has 1 aromatic rings. The SMILES string of the molecule is CNc1c(F)cccc1C(=O)N1CCCC1C1CCCC1. The smallest absolute Gasteiger partial charge is 0.256 e. The number of nitrogens with one attached hydrogen (secondary N) is 1. The van der Waals surface area contributed by atoms with Gasteiger partial charge in [-0.25, -0.2) is 4.39 Å². The molecule has 2 aliphatic rings. The molecule has 0 bridgehead atoms. The lowest BCUT2D eigenvalue weighted by Crippen LogP contribution is -2.39. The molecule has 1 saturated carbocycles. The van der Waals surface area contributed by atoms with Crippen molar-refractivity contribution in [2.75, 3.05) is 18.9 Å². The minimum absolute atomic E-state index is 0.0201. The van der Waals surface area contributed by atoms with Crippen LogP contribution in [0.3, 0.4) is 0 Å². The molecule has 4 heteroatoms. The van der Waals surface area contributed by atoms with Crippen LogP contribution in [0.25, 0.3) is 0 Å². The van der Waals surface area contributed by atoms with Crippen LogP contribution in [0.15, 0.2) is 18.2 Å². The van der Waals surface area contributed by atoms with Gasteiger partial charge in [0.15, 0.2) is 0 Å². The highest BCUT2D eigenvalue weighted by molar-refractivity contribution is 6.00. The Morgan fingerprint density at radius 2 is 2.00 bits per heavy atom. The van der Waals surface area contributed by atoms with Gasteiger partial charge in [0, 0.05) is 19.6 Å². The Morgan fingerprint density at radius 1 is 1.24 bits per heavy atom. The summed E-state index contributed by atoms with van der Waals surface area (Å²) in [6.07, 6.45) is 7.19. The van der Waals surface area contributed by atoms with Crippen molar-refractivity contribution in [3.63, 3.8) is 0 Å². The zero-order valence-electron chi connectivity index (χ0n) is 12.6. The molecular formula is C17H23FN2O. The third-order valence-corrected chi connectivity index (χ3v) is 5.00. The molecule has 21 heavy (non-hydrogen) atoms. The van der Waals surface area contributed by atoms with Gasteiger partial charge in [-0.3, -0.25) is 4.79 Å². The second-order valence-corrected chi connectivity index (χ2v) is 6.17. The van der Waals surface area contributed by atoms with E-state index in [-0.39, 0.29) is 11.7 Å². The molecule has 3 nitrogen and oxygen atoms in total. The molecule has 0 radical (unpaired) electrons. The fourth-order valence-electron chi connectivity index (χ4n) is 3.99. The summed E-state index contributed by atoms with van der Waals surface area (Å²) in [7, 11) is 1.66. The monoisotopic (exact) mass is 290 g/mol. The first-order valence-electron chi connectivity index (χ1n) is 7.99. The fourth-order valence-corrected chi connectivity index (χ4v) is 3.99. The number of nitrogens with zero attached hydrogens (tertiary/aromatic N) is 1. The molecular weight excluding hydrogens is 267 g/mol. The second kappa shape index (κ2) is 6.04. The van der Waals surface area contributed by atoms with Gasteiger partial charge in [0.05, 0.1) is 11.3 Å². The van der Waals surface area contributed by atoms with Crippen molar-refractivity contribution in [3.8, 4) is 0 Å². The maximum Gasteiger partial charge on any atom is 0.256 e. The Kier molecular flexibility index (Phi) is 4.13. The van der Waals surface area contributed by atoms with E-state index in [2.05, 4.69) is 5.32 Å². The summed E-state index contributed by atoms with van der Waals surface area (Å²) >= 11 is 0. The molecule has 0 aromatic heterocycles. The Bertz CT molecular complexity index is 526. The predicted molar refractivity (Wildman–Crippen MR) is 82.0 cm³/mol. The number of carbonyl (C=O) groups is 1. The molecule has 1 amide bonds. The first kappa shape index (κ1) is 14.4. The van der Waals surface area contributed by atoms with E-state index in [1.54, 1.807) is 19.2 Å². The number of hydrogen-bond donors (Lipinski definition) is 1. The molecule has 1 aliphatic heterocycles. The van der Waals surface area contributed by atoms with E-state index in [0.29, 0.717) is 23.2 Å². The van der Waals surface area contributed by atoms with E-state index in [4.69, 9.17) is 0 Å². The van der Waals surface area contributed by atoms with Crippen LogP contribution < -0.4 is 5.32 Å². The van der Waals surface area contributed by atoms with Crippen molar-refractivity contribution in [1.82, 2.24) is 4.90 Å². The standard InChI is InChI=1S/C17H23FN2O/c1-19-16-13(8-4-9-14(16)18)17(21)20-11-5-10-15(20)12-6-2-3-7-12/h4,8-9,12,15,19H,2-3,5-7,10-11H2,1H3. The normalized spacial score (nSPS) is 22.8. The van der Waals surface area contributed by atoms with Crippen LogP contribution in [0.1, 0.15) is 48.9 Å². The summed E-state index contributed by atoms with van der Waals surface area (Å²) < 4.78 is 13.9. The van der Waals surface area contributed by atoms with Crippen molar-refractivity contribution >= 4 is 11.6 Å². The van der Waals surface area contributed by atoms with Crippen LogP contribution in [0.2, 0.25) is 0 Å². The van der Waals surface area contributed by atoms with Gasteiger partial charge in [0.1, 0.15) is 5.82 Å². The molecule has 1 aromatic carbocycles. The van der Waals surface area contributed by atoms with Crippen molar-refractivity contribution in [3.05, 3.63) is 29.6 Å². The van der Waals surface area contributed by atoms with Crippen LogP contribution in [0.4, 0.5) is 10.1 Å². The quantitative estimate of drug-likeness (QED) is 0.921. The average Bonchev–Trinajstić information content (AvgIpc) is 3.16. The number of para-hydroxylation sites is 1. The van der Waals surface area contributed by atoms with Crippen molar-refractivity contribution < 1.29 is 9.18 Å². The highest BCUT2D eigenvalue weighted by Crippen LogP contribution is 2.36. The summed E-state index contributed by atoms with van der Waals surface area (Å²) in [6, 6.07) is 5.08. The maximum absolute atomic E-state index is 13.9. The summed E-state index contributed by atoms with van der Waals surface area (Å²) in [6.45, 7) is 0.805. The fraction of sp³-hybridized carbons (Fsp3) is 0.588. The molecule has 1 heterocycles. The third kappa shape index (κ3) is 2.63. The first-order valence-corrected chi connectivity index (χ1v) is 7.99. The van der Waals surface area contributed by atoms with Crippen molar-refractivity contribution in [1.29, 1.82) is 0 Å². The van der Waals surface area contributed by atoms with Crippen LogP contribution in [0, 0.1) is 11.7 Å². The number of rotatable bonds is 3. The van der Waals surface area contributed by atoms with E-state index >= 15 is 0 Å². The van der Waals surface area contributed by atoms with Gasteiger partial charge in [-0.05, 0) is 43.7 Å². The number of amides is 1. The highest BCUT2D eigenvalue weighted by Gasteiger charge is 2.36. The van der Waals surface area contributed by atoms with Crippen LogP contribution in [-0.2, 0) is 0 Å². The first-order chi connectivity index (χ1) is 10.2. The van der Waals surface area contributed by atoms with E-state index in [0.717, 1.165) is 19.4 Å². The summed E-state index contributed by atoms with van der Waals surface area (Å²) in [4.78, 5) is 14.9. The molecule has 1 N–H and O–H groups in total. The van der Waals surface area contributed by atoms with Crippen molar-refractivity contribution in [2.45, 2.75) is 44.6 Å². The number of likely N-dealkylation sites (tertiary alicyclic amines) is 1. The number of hydrogen-bond acceptors (Lipinski definition) is 2. The van der Waals surface area contributed by atoms with Crippen molar-refractivity contribution in [2.24, 2.45) is 5.92 Å². The largest absolute Gasteiger partial charge is 0.385 e. The van der Waals surface area contributed by atoms with E-state index in [1.165, 1.54) is 31.7 Å². The lowest BCUT2D eigenvalue weighted by atomic mass is 9.95. The summed E-state index contributed by atoms with van der Waals surface area (Å²) in [5, 5.41) is 2.83. The predicted octanol–water partition coefficient (Wildman–Crippen LogP) is 3.66. The molecule has 1 atom stereocenters.